The maximum Gasteiger partial charge on any atom is 0.411 e. The number of ether oxygens (including phenoxy) is 1. The fourth-order valence-corrected chi connectivity index (χ4v) is 2.48. The van der Waals surface area contributed by atoms with Gasteiger partial charge in [0.2, 0.25) is 0 Å². The molecule has 0 saturated carbocycles. The second-order valence-corrected chi connectivity index (χ2v) is 4.94. The predicted octanol–water partition coefficient (Wildman–Crippen LogP) is 3.56. The van der Waals surface area contributed by atoms with Crippen molar-refractivity contribution in [3.8, 4) is 0 Å². The van der Waals surface area contributed by atoms with Gasteiger partial charge in [0.15, 0.2) is 5.78 Å². The van der Waals surface area contributed by atoms with Crippen molar-refractivity contribution < 1.29 is 14.3 Å². The summed E-state index contributed by atoms with van der Waals surface area (Å²) in [5.41, 5.74) is 3.20. The smallest absolute Gasteiger partial charge is 0.411 e. The highest BCUT2D eigenvalue weighted by Crippen LogP contribution is 2.28. The molecule has 0 fully saturated rings. The quantitative estimate of drug-likeness (QED) is 0.935. The largest absolute Gasteiger partial charge is 0.444 e. The number of amides is 1. The zero-order valence-corrected chi connectivity index (χ0v) is 11.5. The third-order valence-electron chi connectivity index (χ3n) is 3.53. The van der Waals surface area contributed by atoms with E-state index in [-0.39, 0.29) is 12.4 Å². The van der Waals surface area contributed by atoms with Crippen molar-refractivity contribution >= 4 is 17.6 Å². The number of carbonyl (C=O) groups is 2. The molecule has 2 aromatic rings. The molecule has 1 N–H and O–H groups in total. The Morgan fingerprint density at radius 1 is 1.05 bits per heavy atom. The number of carbonyl (C=O) groups excluding carboxylic acids is 2. The zero-order valence-electron chi connectivity index (χ0n) is 11.5. The second-order valence-electron chi connectivity index (χ2n) is 4.94. The number of nitrogens with one attached hydrogen (secondary N) is 1. The number of hydrogen-bond donors (Lipinski definition) is 1. The van der Waals surface area contributed by atoms with E-state index in [0.717, 1.165) is 11.1 Å². The van der Waals surface area contributed by atoms with Crippen LogP contribution in [-0.4, -0.2) is 11.9 Å². The van der Waals surface area contributed by atoms with Crippen molar-refractivity contribution in [2.24, 2.45) is 0 Å². The number of fused-ring (bicyclic) bond motifs is 1. The summed E-state index contributed by atoms with van der Waals surface area (Å²) in [7, 11) is 0. The van der Waals surface area contributed by atoms with Gasteiger partial charge in [-0.15, -0.1) is 0 Å². The van der Waals surface area contributed by atoms with Crippen molar-refractivity contribution in [1.82, 2.24) is 0 Å². The van der Waals surface area contributed by atoms with Crippen LogP contribution in [0.15, 0.2) is 48.5 Å². The topological polar surface area (TPSA) is 55.4 Å². The van der Waals surface area contributed by atoms with Crippen LogP contribution in [0.3, 0.4) is 0 Å². The van der Waals surface area contributed by atoms with Crippen molar-refractivity contribution in [2.75, 3.05) is 5.32 Å². The van der Waals surface area contributed by atoms with Gasteiger partial charge in [0.1, 0.15) is 6.61 Å². The number of ketones is 1. The molecule has 0 radical (unpaired) electrons. The summed E-state index contributed by atoms with van der Waals surface area (Å²) < 4.78 is 5.18. The molecule has 4 nitrogen and oxygen atoms in total. The lowest BCUT2D eigenvalue weighted by Gasteiger charge is -2.10. The van der Waals surface area contributed by atoms with Gasteiger partial charge in [0.05, 0.1) is 0 Å². The Morgan fingerprint density at radius 3 is 2.67 bits per heavy atom. The highest BCUT2D eigenvalue weighted by atomic mass is 16.5. The first-order valence-electron chi connectivity index (χ1n) is 6.87. The molecule has 0 spiro atoms. The summed E-state index contributed by atoms with van der Waals surface area (Å²) >= 11 is 0. The summed E-state index contributed by atoms with van der Waals surface area (Å²) in [6.45, 7) is 0.223. The molecular formula is C17H15NO3. The van der Waals surface area contributed by atoms with Crippen molar-refractivity contribution in [2.45, 2.75) is 19.4 Å². The molecule has 1 aliphatic carbocycles. The minimum atomic E-state index is -0.508. The molecule has 0 saturated heterocycles. The lowest BCUT2D eigenvalue weighted by molar-refractivity contribution is 0.0994. The minimum Gasteiger partial charge on any atom is -0.444 e. The molecule has 21 heavy (non-hydrogen) atoms. The van der Waals surface area contributed by atoms with Gasteiger partial charge in [-0.25, -0.2) is 4.79 Å². The SMILES string of the molecule is O=C(Nc1cccc2c1CCC2=O)OCc1ccccc1. The number of benzene rings is 2. The second kappa shape index (κ2) is 5.79. The third kappa shape index (κ3) is 2.94. The van der Waals surface area contributed by atoms with Crippen LogP contribution in [-0.2, 0) is 17.8 Å². The predicted molar refractivity (Wildman–Crippen MR) is 79.3 cm³/mol. The van der Waals surface area contributed by atoms with Gasteiger partial charge >= 0.3 is 6.09 Å². The van der Waals surface area contributed by atoms with Crippen molar-refractivity contribution in [1.29, 1.82) is 0 Å². The average Bonchev–Trinajstić information content (AvgIpc) is 2.89. The molecule has 0 aromatic heterocycles. The average molecular weight is 281 g/mol. The minimum absolute atomic E-state index is 0.131. The molecule has 1 aliphatic rings. The Balaban J connectivity index is 1.65. The maximum absolute atomic E-state index is 11.8. The monoisotopic (exact) mass is 281 g/mol. The highest BCUT2D eigenvalue weighted by molar-refractivity contribution is 6.03. The zero-order chi connectivity index (χ0) is 14.7. The van der Waals surface area contributed by atoms with Crippen LogP contribution in [0.4, 0.5) is 10.5 Å². The van der Waals surface area contributed by atoms with Crippen molar-refractivity contribution in [3.63, 3.8) is 0 Å². The van der Waals surface area contributed by atoms with Crippen molar-refractivity contribution in [3.05, 3.63) is 65.2 Å². The lowest BCUT2D eigenvalue weighted by Crippen LogP contribution is -2.14. The molecule has 0 atom stereocenters. The normalized spacial score (nSPS) is 12.9. The fourth-order valence-electron chi connectivity index (χ4n) is 2.48. The van der Waals surface area contributed by atoms with Crippen LogP contribution in [0.25, 0.3) is 0 Å². The van der Waals surface area contributed by atoms with E-state index in [1.165, 1.54) is 0 Å². The molecular weight excluding hydrogens is 266 g/mol. The summed E-state index contributed by atoms with van der Waals surface area (Å²) in [6.07, 6.45) is 0.669. The van der Waals surface area contributed by atoms with Gasteiger partial charge in [-0.2, -0.15) is 0 Å². The van der Waals surface area contributed by atoms with Crippen LogP contribution >= 0.6 is 0 Å². The van der Waals surface area contributed by atoms with E-state index in [4.69, 9.17) is 4.74 Å². The van der Waals surface area contributed by atoms with Gasteiger partial charge in [-0.05, 0) is 23.6 Å². The Labute approximate surface area is 122 Å². The highest BCUT2D eigenvalue weighted by Gasteiger charge is 2.22. The first kappa shape index (κ1) is 13.4. The molecule has 0 aliphatic heterocycles. The first-order valence-corrected chi connectivity index (χ1v) is 6.87. The Kier molecular flexibility index (Phi) is 3.69. The van der Waals surface area contributed by atoms with Gasteiger partial charge in [0, 0.05) is 17.7 Å². The summed E-state index contributed by atoms with van der Waals surface area (Å²) in [6, 6.07) is 14.9. The van der Waals surface area contributed by atoms with E-state index >= 15 is 0 Å². The molecule has 0 heterocycles. The van der Waals surface area contributed by atoms with E-state index in [1.54, 1.807) is 18.2 Å². The number of rotatable bonds is 3. The van der Waals surface area contributed by atoms with Crippen LogP contribution in [0.5, 0.6) is 0 Å². The van der Waals surface area contributed by atoms with E-state index in [2.05, 4.69) is 5.32 Å². The Hall–Kier alpha value is -2.62. The Morgan fingerprint density at radius 2 is 1.86 bits per heavy atom. The molecule has 4 heteroatoms. The molecule has 3 rings (SSSR count). The van der Waals surface area contributed by atoms with Gasteiger partial charge in [-0.1, -0.05) is 42.5 Å². The van der Waals surface area contributed by atoms with Crippen LogP contribution in [0, 0.1) is 0 Å². The summed E-state index contributed by atoms with van der Waals surface area (Å²) in [5, 5.41) is 2.72. The maximum atomic E-state index is 11.8. The Bertz CT molecular complexity index is 680. The van der Waals surface area contributed by atoms with E-state index in [1.807, 2.05) is 30.3 Å². The standard InChI is InChI=1S/C17H15NO3/c19-16-10-9-13-14(16)7-4-8-15(13)18-17(20)21-11-12-5-2-1-3-6-12/h1-8H,9-11H2,(H,18,20). The fraction of sp³-hybridized carbons (Fsp3) is 0.176. The molecule has 0 unspecified atom stereocenters. The summed E-state index contributed by atoms with van der Waals surface area (Å²) in [5.74, 6) is 0.131. The molecule has 1 amide bonds. The van der Waals surface area contributed by atoms with E-state index < -0.39 is 6.09 Å². The third-order valence-corrected chi connectivity index (χ3v) is 3.53. The van der Waals surface area contributed by atoms with Gasteiger partial charge in [-0.3, -0.25) is 10.1 Å². The molecule has 106 valence electrons. The number of anilines is 1. The van der Waals surface area contributed by atoms with E-state index in [0.29, 0.717) is 24.1 Å². The van der Waals surface area contributed by atoms with Gasteiger partial charge < -0.3 is 4.74 Å². The van der Waals surface area contributed by atoms with Crippen LogP contribution < -0.4 is 5.32 Å². The van der Waals surface area contributed by atoms with Gasteiger partial charge in [0.25, 0.3) is 0 Å². The van der Waals surface area contributed by atoms with Crippen LogP contribution in [0.2, 0.25) is 0 Å². The van der Waals surface area contributed by atoms with Crippen LogP contribution in [0.1, 0.15) is 27.9 Å². The number of Topliss-reactive ketones (excluding diaryl/α,β-unsaturated/α-hetero) is 1. The number of hydrogen-bond acceptors (Lipinski definition) is 3. The molecule has 2 aromatic carbocycles. The summed E-state index contributed by atoms with van der Waals surface area (Å²) in [4.78, 5) is 23.5. The molecule has 0 bridgehead atoms. The van der Waals surface area contributed by atoms with E-state index in [9.17, 15) is 9.59 Å². The first-order chi connectivity index (χ1) is 10.2. The lowest BCUT2D eigenvalue weighted by atomic mass is 10.1.